The molecule has 8 nitrogen and oxygen atoms in total. The molecule has 0 aromatic rings. The molecule has 0 saturated carbocycles. The van der Waals surface area contributed by atoms with E-state index >= 15 is 0 Å². The zero-order valence-electron chi connectivity index (χ0n) is 12.7. The van der Waals surface area contributed by atoms with Crippen molar-refractivity contribution in [1.29, 1.82) is 0 Å². The summed E-state index contributed by atoms with van der Waals surface area (Å²) in [6.07, 6.45) is 1.68. The Morgan fingerprint density at radius 2 is 1.81 bits per heavy atom. The van der Waals surface area contributed by atoms with Gasteiger partial charge in [0.15, 0.2) is 0 Å². The molecular formula is C13H21N6O2+. The maximum absolute atomic E-state index is 12.4. The van der Waals surface area contributed by atoms with Gasteiger partial charge < -0.3 is 4.90 Å². The second kappa shape index (κ2) is 5.19. The molecule has 2 saturated heterocycles. The van der Waals surface area contributed by atoms with Gasteiger partial charge in [-0.15, -0.1) is 0 Å². The molecule has 3 aliphatic rings. The third-order valence-corrected chi connectivity index (χ3v) is 4.36. The maximum atomic E-state index is 12.4. The van der Waals surface area contributed by atoms with Crippen molar-refractivity contribution in [3.63, 3.8) is 0 Å². The zero-order chi connectivity index (χ0) is 15.1. The molecule has 21 heavy (non-hydrogen) atoms. The van der Waals surface area contributed by atoms with Gasteiger partial charge in [-0.1, -0.05) is 0 Å². The Bertz CT molecular complexity index is 535. The SMILES string of the molecule is CN1CCN(C[N+]2=CN=C3C2C(=O)N(C)C(=O)N3C)CC1. The molecule has 0 spiro atoms. The quantitative estimate of drug-likeness (QED) is 0.584. The highest BCUT2D eigenvalue weighted by Gasteiger charge is 2.50. The average Bonchev–Trinajstić information content (AvgIpc) is 2.89. The Morgan fingerprint density at radius 3 is 2.48 bits per heavy atom. The number of hydrogen-bond acceptors (Lipinski definition) is 5. The Morgan fingerprint density at radius 1 is 1.14 bits per heavy atom. The topological polar surface area (TPSA) is 62.5 Å². The molecule has 2 fully saturated rings. The largest absolute Gasteiger partial charge is 0.333 e. The lowest BCUT2D eigenvalue weighted by molar-refractivity contribution is -0.552. The Balaban J connectivity index is 1.72. The first-order valence-electron chi connectivity index (χ1n) is 7.12. The summed E-state index contributed by atoms with van der Waals surface area (Å²) in [6.45, 7) is 4.66. The number of likely N-dealkylation sites (N-methyl/N-ethyl adjacent to an activating group) is 3. The first kappa shape index (κ1) is 14.2. The van der Waals surface area contributed by atoms with Crippen molar-refractivity contribution in [2.75, 3.05) is 54.0 Å². The molecule has 8 heteroatoms. The van der Waals surface area contributed by atoms with Gasteiger partial charge in [-0.2, -0.15) is 0 Å². The van der Waals surface area contributed by atoms with Gasteiger partial charge in [0.2, 0.25) is 0 Å². The summed E-state index contributed by atoms with van der Waals surface area (Å²) in [5.74, 6) is 0.317. The molecule has 1 atom stereocenters. The van der Waals surface area contributed by atoms with Crippen LogP contribution in [0.15, 0.2) is 4.99 Å². The number of imide groups is 1. The first-order chi connectivity index (χ1) is 9.99. The number of carbonyl (C=O) groups is 2. The van der Waals surface area contributed by atoms with E-state index in [9.17, 15) is 9.59 Å². The van der Waals surface area contributed by atoms with Crippen LogP contribution in [-0.2, 0) is 4.79 Å². The van der Waals surface area contributed by atoms with Gasteiger partial charge in [-0.3, -0.25) is 19.5 Å². The average molecular weight is 293 g/mol. The molecule has 0 aliphatic carbocycles. The summed E-state index contributed by atoms with van der Waals surface area (Å²) in [5.41, 5.74) is 0. The molecular weight excluding hydrogens is 272 g/mol. The number of amidine groups is 1. The molecule has 0 aromatic carbocycles. The molecule has 3 amide bonds. The summed E-state index contributed by atoms with van der Waals surface area (Å²) in [4.78, 5) is 35.8. The van der Waals surface area contributed by atoms with Gasteiger partial charge in [-0.05, 0) is 12.0 Å². The molecule has 3 aliphatic heterocycles. The van der Waals surface area contributed by atoms with Crippen LogP contribution in [0.3, 0.4) is 0 Å². The van der Waals surface area contributed by atoms with Crippen LogP contribution in [0.5, 0.6) is 0 Å². The minimum atomic E-state index is -0.475. The number of fused-ring (bicyclic) bond motifs is 1. The third kappa shape index (κ3) is 2.34. The lowest BCUT2D eigenvalue weighted by Crippen LogP contribution is -2.62. The number of hydrogen-bond donors (Lipinski definition) is 0. The number of aliphatic imine (C=N–C) groups is 1. The van der Waals surface area contributed by atoms with E-state index < -0.39 is 6.04 Å². The highest BCUT2D eigenvalue weighted by Crippen LogP contribution is 2.17. The van der Waals surface area contributed by atoms with Crippen LogP contribution in [0.4, 0.5) is 4.79 Å². The van der Waals surface area contributed by atoms with E-state index in [0.29, 0.717) is 12.5 Å². The molecule has 0 bridgehead atoms. The fourth-order valence-electron chi connectivity index (χ4n) is 2.88. The summed E-state index contributed by atoms with van der Waals surface area (Å²) in [7, 11) is 5.29. The fourth-order valence-corrected chi connectivity index (χ4v) is 2.88. The lowest BCUT2D eigenvalue weighted by Gasteiger charge is -2.34. The summed E-state index contributed by atoms with van der Waals surface area (Å²) in [5, 5.41) is 0. The van der Waals surface area contributed by atoms with Crippen LogP contribution in [0.25, 0.3) is 0 Å². The van der Waals surface area contributed by atoms with E-state index in [1.807, 2.05) is 4.58 Å². The van der Waals surface area contributed by atoms with Gasteiger partial charge in [-0.25, -0.2) is 9.37 Å². The highest BCUT2D eigenvalue weighted by atomic mass is 16.2. The Labute approximate surface area is 123 Å². The minimum Gasteiger partial charge on any atom is -0.304 e. The van der Waals surface area contributed by atoms with Crippen LogP contribution >= 0.6 is 0 Å². The van der Waals surface area contributed by atoms with Crippen LogP contribution in [0.2, 0.25) is 0 Å². The lowest BCUT2D eigenvalue weighted by atomic mass is 10.1. The van der Waals surface area contributed by atoms with Crippen molar-refractivity contribution in [1.82, 2.24) is 19.6 Å². The molecule has 0 N–H and O–H groups in total. The van der Waals surface area contributed by atoms with E-state index in [-0.39, 0.29) is 11.9 Å². The summed E-state index contributed by atoms with van der Waals surface area (Å²) < 4.78 is 1.92. The summed E-state index contributed by atoms with van der Waals surface area (Å²) in [6, 6.07) is -0.804. The maximum Gasteiger partial charge on any atom is 0.333 e. The molecule has 1 unspecified atom stereocenters. The molecule has 3 rings (SSSR count). The van der Waals surface area contributed by atoms with Gasteiger partial charge in [0.1, 0.15) is 6.67 Å². The summed E-state index contributed by atoms with van der Waals surface area (Å²) >= 11 is 0. The van der Waals surface area contributed by atoms with Gasteiger partial charge in [0.25, 0.3) is 24.1 Å². The van der Waals surface area contributed by atoms with Crippen molar-refractivity contribution in [2.45, 2.75) is 6.04 Å². The smallest absolute Gasteiger partial charge is 0.304 e. The van der Waals surface area contributed by atoms with E-state index in [2.05, 4.69) is 21.8 Å². The Hall–Kier alpha value is -1.80. The van der Waals surface area contributed by atoms with E-state index in [0.717, 1.165) is 26.2 Å². The van der Waals surface area contributed by atoms with Crippen LogP contribution < -0.4 is 0 Å². The number of rotatable bonds is 2. The zero-order valence-corrected chi connectivity index (χ0v) is 12.7. The second-order valence-corrected chi connectivity index (χ2v) is 5.82. The van der Waals surface area contributed by atoms with E-state index in [1.165, 1.54) is 16.8 Å². The fraction of sp³-hybridized carbons (Fsp3) is 0.692. The molecule has 3 heterocycles. The van der Waals surface area contributed by atoms with Crippen molar-refractivity contribution in [2.24, 2.45) is 4.99 Å². The monoisotopic (exact) mass is 293 g/mol. The van der Waals surface area contributed by atoms with Crippen molar-refractivity contribution < 1.29 is 14.2 Å². The van der Waals surface area contributed by atoms with E-state index in [4.69, 9.17) is 0 Å². The number of carbonyl (C=O) groups excluding carboxylic acids is 2. The predicted molar refractivity (Wildman–Crippen MR) is 77.4 cm³/mol. The molecule has 114 valence electrons. The van der Waals surface area contributed by atoms with Gasteiger partial charge in [0.05, 0.1) is 0 Å². The van der Waals surface area contributed by atoms with Gasteiger partial charge >= 0.3 is 6.03 Å². The normalized spacial score (nSPS) is 27.9. The minimum absolute atomic E-state index is 0.209. The number of amides is 3. The number of nitrogens with zero attached hydrogens (tertiary/aromatic N) is 6. The van der Waals surface area contributed by atoms with Crippen LogP contribution in [-0.4, -0.2) is 108 Å². The third-order valence-electron chi connectivity index (χ3n) is 4.36. The second-order valence-electron chi connectivity index (χ2n) is 5.82. The van der Waals surface area contributed by atoms with Crippen molar-refractivity contribution in [3.8, 4) is 0 Å². The van der Waals surface area contributed by atoms with Crippen LogP contribution in [0, 0.1) is 0 Å². The van der Waals surface area contributed by atoms with E-state index in [1.54, 1.807) is 13.4 Å². The first-order valence-corrected chi connectivity index (χ1v) is 7.12. The Kier molecular flexibility index (Phi) is 3.50. The van der Waals surface area contributed by atoms with Crippen LogP contribution in [0.1, 0.15) is 0 Å². The molecule has 0 radical (unpaired) electrons. The highest BCUT2D eigenvalue weighted by molar-refractivity contribution is 6.21. The number of urea groups is 1. The van der Waals surface area contributed by atoms with Crippen molar-refractivity contribution in [3.05, 3.63) is 0 Å². The number of piperazine rings is 1. The van der Waals surface area contributed by atoms with Gasteiger partial charge in [0, 0.05) is 40.3 Å². The van der Waals surface area contributed by atoms with Crippen molar-refractivity contribution >= 4 is 24.1 Å². The standard InChI is InChI=1S/C13H21N6O2/c1-15-4-6-18(7-5-15)9-19-8-14-11-10(19)12(20)17(3)13(21)16(11)2/h8,10H,4-7,9H2,1-3H3/q+1. The molecule has 0 aromatic heterocycles. The predicted octanol–water partition coefficient (Wildman–Crippen LogP) is -1.46.